The van der Waals surface area contributed by atoms with Gasteiger partial charge < -0.3 is 4.52 Å². The van der Waals surface area contributed by atoms with Crippen LogP contribution in [0.2, 0.25) is 0 Å². The topological polar surface area (TPSA) is 43.1 Å². The molecule has 0 aliphatic heterocycles. The molecule has 68 valence electrons. The molecule has 0 amide bonds. The Labute approximate surface area is 76.1 Å². The molecule has 2 aliphatic carbocycles. The van der Waals surface area contributed by atoms with Crippen LogP contribution in [-0.4, -0.2) is 11.4 Å². The zero-order valence-electron chi connectivity index (χ0n) is 7.32. The number of aromatic nitrogens is 1. The number of carbonyl (C=O) groups is 1. The Bertz CT molecular complexity index is 318. The summed E-state index contributed by atoms with van der Waals surface area (Å²) in [6.07, 6.45) is 5.55. The fourth-order valence-corrected chi connectivity index (χ4v) is 1.73. The molecule has 1 aromatic rings. The normalized spacial score (nSPS) is 21.8. The smallest absolute Gasteiger partial charge is 0.155 e. The Kier molecular flexibility index (Phi) is 1.37. The first-order valence-electron chi connectivity index (χ1n) is 4.85. The van der Waals surface area contributed by atoms with Gasteiger partial charge in [-0.1, -0.05) is 5.16 Å². The zero-order chi connectivity index (χ0) is 8.84. The summed E-state index contributed by atoms with van der Waals surface area (Å²) >= 11 is 0. The van der Waals surface area contributed by atoms with E-state index in [-0.39, 0.29) is 0 Å². The molecule has 1 aromatic heterocycles. The minimum Gasteiger partial charge on any atom is -0.360 e. The standard InChI is InChI=1S/C10H11NO2/c12-5-8-9(6-1-2-6)11-13-10(8)7-3-4-7/h5-7H,1-4H2. The maximum absolute atomic E-state index is 10.9. The van der Waals surface area contributed by atoms with Crippen LogP contribution in [0.1, 0.15) is 59.3 Å². The second kappa shape index (κ2) is 2.44. The summed E-state index contributed by atoms with van der Waals surface area (Å²) in [6.45, 7) is 0. The van der Waals surface area contributed by atoms with Gasteiger partial charge in [0, 0.05) is 11.8 Å². The zero-order valence-corrected chi connectivity index (χ0v) is 7.32. The minimum absolute atomic E-state index is 0.486. The quantitative estimate of drug-likeness (QED) is 0.665. The summed E-state index contributed by atoms with van der Waals surface area (Å²) in [4.78, 5) is 10.9. The maximum Gasteiger partial charge on any atom is 0.155 e. The SMILES string of the molecule is O=Cc1c(C2CC2)noc1C1CC1. The Balaban J connectivity index is 2.03. The van der Waals surface area contributed by atoms with Crippen LogP contribution in [0.3, 0.4) is 0 Å². The van der Waals surface area contributed by atoms with Crippen molar-refractivity contribution in [3.8, 4) is 0 Å². The van der Waals surface area contributed by atoms with Gasteiger partial charge in [0.1, 0.15) is 0 Å². The van der Waals surface area contributed by atoms with Gasteiger partial charge in [0.25, 0.3) is 0 Å². The Hall–Kier alpha value is -1.12. The average Bonchev–Trinajstić information content (AvgIpc) is 3.02. The van der Waals surface area contributed by atoms with E-state index in [4.69, 9.17) is 4.52 Å². The predicted octanol–water partition coefficient (Wildman–Crippen LogP) is 2.24. The molecule has 3 heteroatoms. The molecule has 3 nitrogen and oxygen atoms in total. The van der Waals surface area contributed by atoms with Crippen LogP contribution < -0.4 is 0 Å². The van der Waals surface area contributed by atoms with Crippen LogP contribution >= 0.6 is 0 Å². The first kappa shape index (κ1) is 7.30. The van der Waals surface area contributed by atoms with Crippen molar-refractivity contribution in [1.82, 2.24) is 5.16 Å². The van der Waals surface area contributed by atoms with Gasteiger partial charge in [0.05, 0.1) is 11.3 Å². The Morgan fingerprint density at radius 3 is 2.46 bits per heavy atom. The van der Waals surface area contributed by atoms with E-state index < -0.39 is 0 Å². The molecule has 0 N–H and O–H groups in total. The predicted molar refractivity (Wildman–Crippen MR) is 45.8 cm³/mol. The summed E-state index contributed by atoms with van der Waals surface area (Å²) < 4.78 is 5.23. The van der Waals surface area contributed by atoms with E-state index in [9.17, 15) is 4.79 Å². The lowest BCUT2D eigenvalue weighted by molar-refractivity contribution is 0.112. The van der Waals surface area contributed by atoms with E-state index in [1.165, 1.54) is 0 Å². The third-order valence-electron chi connectivity index (χ3n) is 2.81. The number of rotatable bonds is 3. The summed E-state index contributed by atoms with van der Waals surface area (Å²) in [5, 5.41) is 4.00. The van der Waals surface area contributed by atoms with Crippen LogP contribution in [-0.2, 0) is 0 Å². The van der Waals surface area contributed by atoms with Crippen molar-refractivity contribution in [2.24, 2.45) is 0 Å². The van der Waals surface area contributed by atoms with Crippen molar-refractivity contribution in [1.29, 1.82) is 0 Å². The molecule has 0 saturated heterocycles. The van der Waals surface area contributed by atoms with Gasteiger partial charge in [-0.2, -0.15) is 0 Å². The molecule has 2 saturated carbocycles. The largest absolute Gasteiger partial charge is 0.360 e. The van der Waals surface area contributed by atoms with E-state index in [1.54, 1.807) is 0 Å². The summed E-state index contributed by atoms with van der Waals surface area (Å²) in [5.41, 5.74) is 1.67. The highest BCUT2D eigenvalue weighted by molar-refractivity contribution is 5.79. The highest BCUT2D eigenvalue weighted by atomic mass is 16.5. The molecule has 0 bridgehead atoms. The van der Waals surface area contributed by atoms with Gasteiger partial charge in [0.2, 0.25) is 0 Å². The third-order valence-corrected chi connectivity index (χ3v) is 2.81. The highest BCUT2D eigenvalue weighted by Crippen LogP contribution is 2.46. The molecule has 3 rings (SSSR count). The molecule has 0 unspecified atom stereocenters. The van der Waals surface area contributed by atoms with Gasteiger partial charge in [-0.25, -0.2) is 0 Å². The number of nitrogens with zero attached hydrogens (tertiary/aromatic N) is 1. The number of hydrogen-bond donors (Lipinski definition) is 0. The van der Waals surface area contributed by atoms with Gasteiger partial charge in [-0.3, -0.25) is 4.79 Å². The minimum atomic E-state index is 0.486. The Morgan fingerprint density at radius 1 is 1.23 bits per heavy atom. The molecule has 0 spiro atoms. The van der Waals surface area contributed by atoms with E-state index in [0.29, 0.717) is 11.8 Å². The Morgan fingerprint density at radius 2 is 1.92 bits per heavy atom. The van der Waals surface area contributed by atoms with E-state index in [0.717, 1.165) is 49.0 Å². The van der Waals surface area contributed by atoms with Crippen LogP contribution in [0.15, 0.2) is 4.52 Å². The van der Waals surface area contributed by atoms with Crippen molar-refractivity contribution in [3.05, 3.63) is 17.0 Å². The van der Waals surface area contributed by atoms with Crippen LogP contribution in [0.25, 0.3) is 0 Å². The lowest BCUT2D eigenvalue weighted by Crippen LogP contribution is -1.89. The van der Waals surface area contributed by atoms with Crippen LogP contribution in [0, 0.1) is 0 Å². The fraction of sp³-hybridized carbons (Fsp3) is 0.600. The first-order valence-corrected chi connectivity index (χ1v) is 4.85. The van der Waals surface area contributed by atoms with Crippen molar-refractivity contribution in [3.63, 3.8) is 0 Å². The lowest BCUT2D eigenvalue weighted by atomic mass is 10.1. The maximum atomic E-state index is 10.9. The summed E-state index contributed by atoms with van der Waals surface area (Å²) in [5.74, 6) is 1.84. The van der Waals surface area contributed by atoms with Gasteiger partial charge in [-0.15, -0.1) is 0 Å². The van der Waals surface area contributed by atoms with Gasteiger partial charge in [0.15, 0.2) is 12.0 Å². The molecule has 13 heavy (non-hydrogen) atoms. The van der Waals surface area contributed by atoms with Crippen molar-refractivity contribution < 1.29 is 9.32 Å². The second-order valence-electron chi connectivity index (χ2n) is 4.01. The molecule has 0 radical (unpaired) electrons. The van der Waals surface area contributed by atoms with Crippen molar-refractivity contribution in [2.75, 3.05) is 0 Å². The highest BCUT2D eigenvalue weighted by Gasteiger charge is 2.36. The summed E-state index contributed by atoms with van der Waals surface area (Å²) in [7, 11) is 0. The molecular weight excluding hydrogens is 166 g/mol. The monoisotopic (exact) mass is 177 g/mol. The van der Waals surface area contributed by atoms with Crippen molar-refractivity contribution in [2.45, 2.75) is 37.5 Å². The number of carbonyl (C=O) groups excluding carboxylic acids is 1. The average molecular weight is 177 g/mol. The fourth-order valence-electron chi connectivity index (χ4n) is 1.73. The number of hydrogen-bond acceptors (Lipinski definition) is 3. The molecule has 2 aliphatic rings. The summed E-state index contributed by atoms with van der Waals surface area (Å²) in [6, 6.07) is 0. The second-order valence-corrected chi connectivity index (χ2v) is 4.01. The number of aldehydes is 1. The van der Waals surface area contributed by atoms with Crippen LogP contribution in [0.5, 0.6) is 0 Å². The molecule has 0 aromatic carbocycles. The third kappa shape index (κ3) is 1.10. The molecule has 2 fully saturated rings. The molecule has 0 atom stereocenters. The molecule has 1 heterocycles. The van der Waals surface area contributed by atoms with Gasteiger partial charge in [-0.05, 0) is 25.7 Å². The first-order chi connectivity index (χ1) is 6.40. The van der Waals surface area contributed by atoms with E-state index in [2.05, 4.69) is 5.16 Å². The van der Waals surface area contributed by atoms with E-state index in [1.807, 2.05) is 0 Å². The van der Waals surface area contributed by atoms with Crippen LogP contribution in [0.4, 0.5) is 0 Å². The van der Waals surface area contributed by atoms with Gasteiger partial charge >= 0.3 is 0 Å². The van der Waals surface area contributed by atoms with E-state index >= 15 is 0 Å². The molecular formula is C10H11NO2. The van der Waals surface area contributed by atoms with Crippen molar-refractivity contribution >= 4 is 6.29 Å². The lowest BCUT2D eigenvalue weighted by Gasteiger charge is -1.91.